The number of carbonyl (C=O) groups excluding carboxylic acids is 1. The number of aryl methyl sites for hydroxylation is 2. The highest BCUT2D eigenvalue weighted by Gasteiger charge is 2.20. The normalized spacial score (nSPS) is 16.4. The summed E-state index contributed by atoms with van der Waals surface area (Å²) in [7, 11) is 0. The van der Waals surface area contributed by atoms with Crippen molar-refractivity contribution in [1.82, 2.24) is 10.6 Å². The number of rotatable bonds is 5. The van der Waals surface area contributed by atoms with Gasteiger partial charge in [-0.05, 0) is 48.8 Å². The third-order valence-electron chi connectivity index (χ3n) is 4.45. The van der Waals surface area contributed by atoms with E-state index in [1.165, 1.54) is 16.7 Å². The molecule has 2 N–H and O–H groups in total. The van der Waals surface area contributed by atoms with Gasteiger partial charge < -0.3 is 10.6 Å². The summed E-state index contributed by atoms with van der Waals surface area (Å²) < 4.78 is 0. The van der Waals surface area contributed by atoms with Crippen molar-refractivity contribution in [3.63, 3.8) is 0 Å². The quantitative estimate of drug-likeness (QED) is 0.806. The molecule has 0 heterocycles. The Balaban J connectivity index is 1.43. The Morgan fingerprint density at radius 2 is 1.83 bits per heavy atom. The van der Waals surface area contributed by atoms with E-state index in [1.807, 2.05) is 6.07 Å². The molecule has 0 saturated carbocycles. The lowest BCUT2D eigenvalue weighted by atomic mass is 9.88. The van der Waals surface area contributed by atoms with E-state index in [9.17, 15) is 4.79 Å². The van der Waals surface area contributed by atoms with Crippen LogP contribution in [0.2, 0.25) is 0 Å². The summed E-state index contributed by atoms with van der Waals surface area (Å²) >= 11 is 0. The Labute approximate surface area is 138 Å². The van der Waals surface area contributed by atoms with Crippen molar-refractivity contribution in [3.8, 4) is 0 Å². The Hall–Kier alpha value is -2.29. The van der Waals surface area contributed by atoms with Gasteiger partial charge in [-0.25, -0.2) is 4.79 Å². The Kier molecular flexibility index (Phi) is 5.30. The fraction of sp³-hybridized carbons (Fsp3) is 0.350. The van der Waals surface area contributed by atoms with Crippen LogP contribution in [0.3, 0.4) is 0 Å². The van der Waals surface area contributed by atoms with Gasteiger partial charge in [0.2, 0.25) is 0 Å². The average Bonchev–Trinajstić information content (AvgIpc) is 2.60. The second-order valence-electron chi connectivity index (χ2n) is 6.13. The lowest BCUT2D eigenvalue weighted by molar-refractivity contribution is 0.235. The molecular formula is C20H24N2O. The number of nitrogens with one attached hydrogen (secondary N) is 2. The third kappa shape index (κ3) is 4.35. The molecule has 0 aliphatic heterocycles. The summed E-state index contributed by atoms with van der Waals surface area (Å²) in [4.78, 5) is 12.1. The second-order valence-corrected chi connectivity index (χ2v) is 6.13. The van der Waals surface area contributed by atoms with Crippen LogP contribution in [0.25, 0.3) is 0 Å². The fourth-order valence-corrected chi connectivity index (χ4v) is 3.25. The number of hydrogen-bond donors (Lipinski definition) is 2. The first-order valence-electron chi connectivity index (χ1n) is 8.49. The summed E-state index contributed by atoms with van der Waals surface area (Å²) in [5.41, 5.74) is 3.96. The predicted molar refractivity (Wildman–Crippen MR) is 93.4 cm³/mol. The molecule has 3 rings (SSSR count). The Morgan fingerprint density at radius 1 is 1.04 bits per heavy atom. The van der Waals surface area contributed by atoms with Crippen molar-refractivity contribution in [2.45, 2.75) is 38.1 Å². The van der Waals surface area contributed by atoms with Gasteiger partial charge in [0.25, 0.3) is 0 Å². The first kappa shape index (κ1) is 15.6. The molecule has 2 aromatic rings. The van der Waals surface area contributed by atoms with E-state index < -0.39 is 0 Å². The molecule has 120 valence electrons. The lowest BCUT2D eigenvalue weighted by Crippen LogP contribution is -2.39. The molecule has 3 nitrogen and oxygen atoms in total. The van der Waals surface area contributed by atoms with Gasteiger partial charge in [-0.1, -0.05) is 54.6 Å². The molecule has 0 fully saturated rings. The molecule has 0 radical (unpaired) electrons. The second kappa shape index (κ2) is 7.82. The van der Waals surface area contributed by atoms with Gasteiger partial charge in [-0.2, -0.15) is 0 Å². The summed E-state index contributed by atoms with van der Waals surface area (Å²) in [6.45, 7) is 0.703. The third-order valence-corrected chi connectivity index (χ3v) is 4.45. The van der Waals surface area contributed by atoms with Crippen LogP contribution in [0, 0.1) is 0 Å². The molecule has 1 unspecified atom stereocenters. The minimum atomic E-state index is -0.0558. The molecular weight excluding hydrogens is 284 g/mol. The van der Waals surface area contributed by atoms with Crippen molar-refractivity contribution in [2.24, 2.45) is 0 Å². The van der Waals surface area contributed by atoms with E-state index in [0.29, 0.717) is 6.54 Å². The highest BCUT2D eigenvalue weighted by Crippen LogP contribution is 2.29. The molecule has 2 amide bonds. The summed E-state index contributed by atoms with van der Waals surface area (Å²) in [6.07, 6.45) is 5.23. The van der Waals surface area contributed by atoms with Gasteiger partial charge >= 0.3 is 6.03 Å². The number of urea groups is 1. The van der Waals surface area contributed by atoms with Gasteiger partial charge in [-0.15, -0.1) is 0 Å². The van der Waals surface area contributed by atoms with Gasteiger partial charge in [0.15, 0.2) is 0 Å². The van der Waals surface area contributed by atoms with Crippen molar-refractivity contribution >= 4 is 6.03 Å². The molecule has 1 aliphatic carbocycles. The number of fused-ring (bicyclic) bond motifs is 1. The zero-order valence-corrected chi connectivity index (χ0v) is 13.4. The van der Waals surface area contributed by atoms with Crippen molar-refractivity contribution in [3.05, 3.63) is 71.3 Å². The molecule has 3 heteroatoms. The van der Waals surface area contributed by atoms with Crippen LogP contribution >= 0.6 is 0 Å². The number of hydrogen-bond acceptors (Lipinski definition) is 1. The van der Waals surface area contributed by atoms with E-state index >= 15 is 0 Å². The van der Waals surface area contributed by atoms with Gasteiger partial charge in [0, 0.05) is 6.54 Å². The smallest absolute Gasteiger partial charge is 0.315 e. The predicted octanol–water partition coefficient (Wildman–Crippen LogP) is 4.00. The van der Waals surface area contributed by atoms with Crippen LogP contribution in [-0.4, -0.2) is 12.6 Å². The van der Waals surface area contributed by atoms with Crippen molar-refractivity contribution in [2.75, 3.05) is 6.54 Å². The lowest BCUT2D eigenvalue weighted by Gasteiger charge is -2.26. The maximum Gasteiger partial charge on any atom is 0.315 e. The number of benzene rings is 2. The standard InChI is InChI=1S/C20H24N2O/c23-20(21-15-7-10-16-8-2-1-3-9-16)22-19-14-6-12-17-11-4-5-13-18(17)19/h1-5,8-9,11,13,19H,6-7,10,12,14-15H2,(H2,21,22,23). The molecule has 0 bridgehead atoms. The zero-order chi connectivity index (χ0) is 15.9. The molecule has 1 aliphatic rings. The average molecular weight is 308 g/mol. The first-order valence-corrected chi connectivity index (χ1v) is 8.49. The topological polar surface area (TPSA) is 41.1 Å². The van der Waals surface area contributed by atoms with Crippen LogP contribution < -0.4 is 10.6 Å². The van der Waals surface area contributed by atoms with Crippen LogP contribution in [0.4, 0.5) is 4.79 Å². The van der Waals surface area contributed by atoms with Crippen LogP contribution in [0.5, 0.6) is 0 Å². The summed E-state index contributed by atoms with van der Waals surface area (Å²) in [5, 5.41) is 6.10. The molecule has 0 saturated heterocycles. The van der Waals surface area contributed by atoms with Crippen molar-refractivity contribution in [1.29, 1.82) is 0 Å². The van der Waals surface area contributed by atoms with Gasteiger partial charge in [0.05, 0.1) is 6.04 Å². The Morgan fingerprint density at radius 3 is 2.70 bits per heavy atom. The number of carbonyl (C=O) groups is 1. The molecule has 2 aromatic carbocycles. The van der Waals surface area contributed by atoms with E-state index in [4.69, 9.17) is 0 Å². The largest absolute Gasteiger partial charge is 0.338 e. The van der Waals surface area contributed by atoms with Crippen LogP contribution in [0.15, 0.2) is 54.6 Å². The highest BCUT2D eigenvalue weighted by atomic mass is 16.2. The summed E-state index contributed by atoms with van der Waals surface area (Å²) in [5.74, 6) is 0. The minimum absolute atomic E-state index is 0.0558. The number of amides is 2. The van der Waals surface area contributed by atoms with Gasteiger partial charge in [0.1, 0.15) is 0 Å². The minimum Gasteiger partial charge on any atom is -0.338 e. The maximum atomic E-state index is 12.1. The van der Waals surface area contributed by atoms with Crippen LogP contribution in [0.1, 0.15) is 42.0 Å². The maximum absolute atomic E-state index is 12.1. The van der Waals surface area contributed by atoms with Crippen LogP contribution in [-0.2, 0) is 12.8 Å². The highest BCUT2D eigenvalue weighted by molar-refractivity contribution is 5.74. The molecule has 0 spiro atoms. The van der Waals surface area contributed by atoms with Gasteiger partial charge in [-0.3, -0.25) is 0 Å². The van der Waals surface area contributed by atoms with E-state index in [0.717, 1.165) is 32.1 Å². The zero-order valence-electron chi connectivity index (χ0n) is 13.4. The fourth-order valence-electron chi connectivity index (χ4n) is 3.25. The first-order chi connectivity index (χ1) is 11.3. The van der Waals surface area contributed by atoms with Crippen molar-refractivity contribution < 1.29 is 4.79 Å². The molecule has 0 aromatic heterocycles. The Bertz CT molecular complexity index is 639. The molecule has 23 heavy (non-hydrogen) atoms. The van der Waals surface area contributed by atoms with E-state index in [2.05, 4.69) is 59.2 Å². The summed E-state index contributed by atoms with van der Waals surface area (Å²) in [6, 6.07) is 18.9. The molecule has 1 atom stereocenters. The van der Waals surface area contributed by atoms with E-state index in [-0.39, 0.29) is 12.1 Å². The monoisotopic (exact) mass is 308 g/mol. The van der Waals surface area contributed by atoms with E-state index in [1.54, 1.807) is 0 Å². The SMILES string of the molecule is O=C(NCCCc1ccccc1)NC1CCCc2ccccc21.